The third-order valence-electron chi connectivity index (χ3n) is 3.02. The summed E-state index contributed by atoms with van der Waals surface area (Å²) >= 11 is 5.82. The van der Waals surface area contributed by atoms with Crippen molar-refractivity contribution in [1.82, 2.24) is 14.9 Å². The van der Waals surface area contributed by atoms with Gasteiger partial charge in [0.1, 0.15) is 11.0 Å². The van der Waals surface area contributed by atoms with E-state index in [4.69, 9.17) is 16.7 Å². The average Bonchev–Trinajstić information content (AvgIpc) is 2.29. The molecule has 6 heteroatoms. The molecule has 1 N–H and O–H groups in total. The minimum Gasteiger partial charge on any atom is -0.477 e. The van der Waals surface area contributed by atoms with Crippen LogP contribution in [-0.4, -0.2) is 46.1 Å². The zero-order chi connectivity index (χ0) is 12.4. The molecule has 0 aliphatic carbocycles. The largest absolute Gasteiger partial charge is 0.477 e. The molecule has 0 amide bonds. The van der Waals surface area contributed by atoms with Crippen LogP contribution in [0.2, 0.25) is 5.15 Å². The number of piperidine rings is 1. The molecule has 2 heterocycles. The van der Waals surface area contributed by atoms with Crippen LogP contribution in [0.15, 0.2) is 6.07 Å². The number of rotatable bonds is 2. The molecular formula is C11H14ClN3O2. The van der Waals surface area contributed by atoms with Gasteiger partial charge in [-0.25, -0.2) is 14.8 Å². The van der Waals surface area contributed by atoms with Crippen LogP contribution in [-0.2, 0) is 0 Å². The Labute approximate surface area is 104 Å². The Hall–Kier alpha value is -1.20. The van der Waals surface area contributed by atoms with E-state index in [0.717, 1.165) is 25.9 Å². The predicted molar refractivity (Wildman–Crippen MR) is 63.5 cm³/mol. The summed E-state index contributed by atoms with van der Waals surface area (Å²) in [5, 5.41) is 9.12. The summed E-state index contributed by atoms with van der Waals surface area (Å²) < 4.78 is 0. The lowest BCUT2D eigenvalue weighted by Crippen LogP contribution is -2.30. The highest BCUT2D eigenvalue weighted by molar-refractivity contribution is 6.29. The van der Waals surface area contributed by atoms with Gasteiger partial charge < -0.3 is 10.0 Å². The topological polar surface area (TPSA) is 66.3 Å². The van der Waals surface area contributed by atoms with E-state index in [2.05, 4.69) is 21.9 Å². The number of carboxylic acid groups (broad SMARTS) is 1. The second-order valence-electron chi connectivity index (χ2n) is 4.32. The number of likely N-dealkylation sites (tertiary alicyclic amines) is 1. The zero-order valence-electron chi connectivity index (χ0n) is 9.56. The van der Waals surface area contributed by atoms with E-state index in [-0.39, 0.29) is 16.8 Å². The molecule has 0 spiro atoms. The quantitative estimate of drug-likeness (QED) is 0.814. The summed E-state index contributed by atoms with van der Waals surface area (Å²) in [4.78, 5) is 21.3. The lowest BCUT2D eigenvalue weighted by atomic mass is 9.96. The maximum Gasteiger partial charge on any atom is 0.354 e. The van der Waals surface area contributed by atoms with E-state index < -0.39 is 5.97 Å². The summed E-state index contributed by atoms with van der Waals surface area (Å²) in [7, 11) is 2.07. The molecule has 0 aromatic carbocycles. The number of nitrogens with zero attached hydrogens (tertiary/aromatic N) is 3. The van der Waals surface area contributed by atoms with Crippen LogP contribution in [0.25, 0.3) is 0 Å². The maximum atomic E-state index is 10.9. The van der Waals surface area contributed by atoms with Crippen molar-refractivity contribution in [3.8, 4) is 0 Å². The number of aromatic carboxylic acids is 1. The first-order valence-electron chi connectivity index (χ1n) is 5.52. The number of hydrogen-bond acceptors (Lipinski definition) is 4. The smallest absolute Gasteiger partial charge is 0.354 e. The molecule has 0 atom stereocenters. The first-order chi connectivity index (χ1) is 8.06. The van der Waals surface area contributed by atoms with Crippen LogP contribution in [0.3, 0.4) is 0 Å². The maximum absolute atomic E-state index is 10.9. The third-order valence-corrected chi connectivity index (χ3v) is 3.21. The number of halogens is 1. The Bertz CT molecular complexity index is 431. The molecule has 17 heavy (non-hydrogen) atoms. The molecule has 1 fully saturated rings. The standard InChI is InChI=1S/C11H14ClN3O2/c1-15-4-2-7(3-5-15)10-13-8(11(16)17)6-9(12)14-10/h6-7H,2-5H2,1H3,(H,16,17). The first kappa shape index (κ1) is 12.3. The number of hydrogen-bond donors (Lipinski definition) is 1. The molecule has 0 radical (unpaired) electrons. The van der Waals surface area contributed by atoms with Gasteiger partial charge in [0.25, 0.3) is 0 Å². The van der Waals surface area contributed by atoms with Crippen LogP contribution >= 0.6 is 11.6 Å². The van der Waals surface area contributed by atoms with E-state index >= 15 is 0 Å². The molecule has 1 aromatic rings. The summed E-state index contributed by atoms with van der Waals surface area (Å²) in [6.45, 7) is 1.95. The van der Waals surface area contributed by atoms with Crippen LogP contribution < -0.4 is 0 Å². The molecule has 2 rings (SSSR count). The van der Waals surface area contributed by atoms with Crippen LogP contribution in [0.5, 0.6) is 0 Å². The van der Waals surface area contributed by atoms with Crippen LogP contribution in [0.4, 0.5) is 0 Å². The van der Waals surface area contributed by atoms with Gasteiger partial charge in [0.15, 0.2) is 5.69 Å². The Morgan fingerprint density at radius 2 is 2.12 bits per heavy atom. The molecule has 0 bridgehead atoms. The van der Waals surface area contributed by atoms with E-state index in [1.54, 1.807) is 0 Å². The van der Waals surface area contributed by atoms with E-state index in [9.17, 15) is 4.79 Å². The van der Waals surface area contributed by atoms with Gasteiger partial charge in [0.05, 0.1) is 0 Å². The molecule has 1 aliphatic rings. The van der Waals surface area contributed by atoms with Gasteiger partial charge in [-0.05, 0) is 33.0 Å². The molecule has 1 saturated heterocycles. The summed E-state index contributed by atoms with van der Waals surface area (Å²) in [6.07, 6.45) is 1.88. The number of carbonyl (C=O) groups is 1. The fourth-order valence-electron chi connectivity index (χ4n) is 1.99. The summed E-state index contributed by atoms with van der Waals surface area (Å²) in [5.41, 5.74) is -0.0288. The zero-order valence-corrected chi connectivity index (χ0v) is 10.3. The van der Waals surface area contributed by atoms with Gasteiger partial charge in [0, 0.05) is 12.0 Å². The Balaban J connectivity index is 2.23. The number of aromatic nitrogens is 2. The molecule has 1 aliphatic heterocycles. The van der Waals surface area contributed by atoms with Gasteiger partial charge >= 0.3 is 5.97 Å². The highest BCUT2D eigenvalue weighted by Crippen LogP contribution is 2.25. The summed E-state index contributed by atoms with van der Waals surface area (Å²) in [6, 6.07) is 1.28. The normalized spacial score (nSPS) is 18.2. The van der Waals surface area contributed by atoms with Gasteiger partial charge in [-0.15, -0.1) is 0 Å². The lowest BCUT2D eigenvalue weighted by molar-refractivity contribution is 0.0689. The minimum atomic E-state index is -1.07. The predicted octanol–water partition coefficient (Wildman–Crippen LogP) is 1.64. The van der Waals surface area contributed by atoms with Crippen molar-refractivity contribution in [2.75, 3.05) is 20.1 Å². The Kier molecular flexibility index (Phi) is 3.59. The Morgan fingerprint density at radius 3 is 2.71 bits per heavy atom. The molecule has 92 valence electrons. The number of carboxylic acids is 1. The van der Waals surface area contributed by atoms with Gasteiger partial charge in [0.2, 0.25) is 0 Å². The van der Waals surface area contributed by atoms with Crippen LogP contribution in [0.1, 0.15) is 35.1 Å². The molecule has 0 unspecified atom stereocenters. The molecule has 5 nitrogen and oxygen atoms in total. The van der Waals surface area contributed by atoms with E-state index in [1.165, 1.54) is 6.07 Å². The van der Waals surface area contributed by atoms with Crippen molar-refractivity contribution < 1.29 is 9.90 Å². The SMILES string of the molecule is CN1CCC(c2nc(Cl)cc(C(=O)O)n2)CC1. The second kappa shape index (κ2) is 4.98. The van der Waals surface area contributed by atoms with Crippen molar-refractivity contribution in [1.29, 1.82) is 0 Å². The van der Waals surface area contributed by atoms with Gasteiger partial charge in [-0.2, -0.15) is 0 Å². The van der Waals surface area contributed by atoms with Crippen molar-refractivity contribution >= 4 is 17.6 Å². The van der Waals surface area contributed by atoms with Crippen molar-refractivity contribution in [2.45, 2.75) is 18.8 Å². The van der Waals surface area contributed by atoms with E-state index in [1.807, 2.05) is 0 Å². The highest BCUT2D eigenvalue weighted by Gasteiger charge is 2.22. The van der Waals surface area contributed by atoms with Gasteiger partial charge in [-0.1, -0.05) is 11.6 Å². The second-order valence-corrected chi connectivity index (χ2v) is 4.70. The first-order valence-corrected chi connectivity index (χ1v) is 5.90. The molecule has 0 saturated carbocycles. The fourth-order valence-corrected chi connectivity index (χ4v) is 2.18. The van der Waals surface area contributed by atoms with E-state index in [0.29, 0.717) is 5.82 Å². The molecular weight excluding hydrogens is 242 g/mol. The van der Waals surface area contributed by atoms with Crippen molar-refractivity contribution in [3.05, 3.63) is 22.7 Å². The monoisotopic (exact) mass is 255 g/mol. The average molecular weight is 256 g/mol. The highest BCUT2D eigenvalue weighted by atomic mass is 35.5. The van der Waals surface area contributed by atoms with Crippen molar-refractivity contribution in [3.63, 3.8) is 0 Å². The van der Waals surface area contributed by atoms with Crippen LogP contribution in [0, 0.1) is 0 Å². The fraction of sp³-hybridized carbons (Fsp3) is 0.545. The third kappa shape index (κ3) is 2.92. The molecule has 1 aromatic heterocycles. The Morgan fingerprint density at radius 1 is 1.47 bits per heavy atom. The van der Waals surface area contributed by atoms with Gasteiger partial charge in [-0.3, -0.25) is 0 Å². The lowest BCUT2D eigenvalue weighted by Gasteiger charge is -2.27. The summed E-state index contributed by atoms with van der Waals surface area (Å²) in [5.74, 6) is -0.297. The minimum absolute atomic E-state index is 0.0288. The van der Waals surface area contributed by atoms with Crippen molar-refractivity contribution in [2.24, 2.45) is 0 Å².